The number of amides is 1. The molecule has 3 aromatic rings. The highest BCUT2D eigenvalue weighted by molar-refractivity contribution is 6.42. The van der Waals surface area contributed by atoms with E-state index in [0.717, 1.165) is 16.8 Å². The molecule has 3 rings (SSSR count). The lowest BCUT2D eigenvalue weighted by atomic mass is 10.1. The van der Waals surface area contributed by atoms with Crippen molar-refractivity contribution in [3.8, 4) is 5.75 Å². The highest BCUT2D eigenvalue weighted by atomic mass is 35.5. The van der Waals surface area contributed by atoms with Crippen molar-refractivity contribution in [2.75, 3.05) is 5.32 Å². The average Bonchev–Trinajstić information content (AvgIpc) is 3.09. The van der Waals surface area contributed by atoms with Gasteiger partial charge in [-0.3, -0.25) is 4.79 Å². The minimum absolute atomic E-state index is 0.108. The molecule has 1 N–H and O–H groups in total. The fraction of sp³-hybridized carbons (Fsp3) is 0.158. The monoisotopic (exact) mass is 389 g/mol. The van der Waals surface area contributed by atoms with Gasteiger partial charge < -0.3 is 10.1 Å². The Morgan fingerprint density at radius 2 is 1.92 bits per heavy atom. The number of rotatable bonds is 5. The van der Waals surface area contributed by atoms with Crippen LogP contribution in [0.5, 0.6) is 5.75 Å². The van der Waals surface area contributed by atoms with Gasteiger partial charge >= 0.3 is 0 Å². The number of benzene rings is 2. The molecule has 1 aromatic heterocycles. The lowest BCUT2D eigenvalue weighted by molar-refractivity contribution is 0.102. The number of anilines is 1. The first-order valence-corrected chi connectivity index (χ1v) is 8.69. The maximum Gasteiger partial charge on any atom is 0.276 e. The van der Waals surface area contributed by atoms with Crippen molar-refractivity contribution >= 4 is 34.8 Å². The maximum atomic E-state index is 12.4. The van der Waals surface area contributed by atoms with E-state index >= 15 is 0 Å². The molecule has 26 heavy (non-hydrogen) atoms. The first-order valence-electron chi connectivity index (χ1n) is 7.93. The van der Waals surface area contributed by atoms with Crippen molar-refractivity contribution in [3.05, 3.63) is 75.5 Å². The number of carbonyl (C=O) groups is 1. The Balaban J connectivity index is 1.66. The Morgan fingerprint density at radius 3 is 2.73 bits per heavy atom. The van der Waals surface area contributed by atoms with E-state index in [9.17, 15) is 4.79 Å². The Kier molecular flexibility index (Phi) is 5.49. The third kappa shape index (κ3) is 4.00. The zero-order chi connectivity index (χ0) is 18.7. The minimum atomic E-state index is -0.279. The molecule has 0 fully saturated rings. The van der Waals surface area contributed by atoms with Crippen LogP contribution in [0.2, 0.25) is 10.0 Å². The Hall–Kier alpha value is -2.50. The molecule has 2 aromatic carbocycles. The van der Waals surface area contributed by atoms with E-state index in [1.165, 1.54) is 4.68 Å². The molecule has 0 atom stereocenters. The van der Waals surface area contributed by atoms with Crippen LogP contribution in [0.4, 0.5) is 5.69 Å². The van der Waals surface area contributed by atoms with Crippen molar-refractivity contribution in [3.63, 3.8) is 0 Å². The molecule has 0 spiro atoms. The van der Waals surface area contributed by atoms with Gasteiger partial charge in [0.2, 0.25) is 0 Å². The molecule has 0 saturated carbocycles. The predicted molar refractivity (Wildman–Crippen MR) is 103 cm³/mol. The fourth-order valence-corrected chi connectivity index (χ4v) is 2.71. The van der Waals surface area contributed by atoms with Crippen LogP contribution in [0.25, 0.3) is 0 Å². The van der Waals surface area contributed by atoms with Crippen LogP contribution in [0.1, 0.15) is 21.6 Å². The molecule has 1 amide bonds. The second kappa shape index (κ2) is 7.81. The second-order valence-corrected chi connectivity index (χ2v) is 6.55. The molecule has 0 radical (unpaired) electrons. The quantitative estimate of drug-likeness (QED) is 0.660. The fourth-order valence-electron chi connectivity index (χ4n) is 2.36. The Labute approximate surface area is 161 Å². The van der Waals surface area contributed by atoms with E-state index in [1.54, 1.807) is 30.5 Å². The summed E-state index contributed by atoms with van der Waals surface area (Å²) < 4.78 is 7.11. The number of halogens is 2. The SMILES string of the molecule is Cc1cccc(NC(=O)c2ccn(COc3cccc(Cl)c3Cl)n2)c1C. The predicted octanol–water partition coefficient (Wildman–Crippen LogP) is 5.10. The molecular formula is C19H17Cl2N3O2. The van der Waals surface area contributed by atoms with Crippen LogP contribution < -0.4 is 10.1 Å². The molecule has 0 aliphatic heterocycles. The Morgan fingerprint density at radius 1 is 1.15 bits per heavy atom. The summed E-state index contributed by atoms with van der Waals surface area (Å²) in [6.07, 6.45) is 1.66. The summed E-state index contributed by atoms with van der Waals surface area (Å²) >= 11 is 12.0. The standard InChI is InChI=1S/C19H17Cl2N3O2/c1-12-5-3-7-15(13(12)2)22-19(25)16-9-10-24(23-16)11-26-17-8-4-6-14(20)18(17)21/h3-10H,11H2,1-2H3,(H,22,25). The smallest absolute Gasteiger partial charge is 0.276 e. The number of aryl methyl sites for hydroxylation is 1. The summed E-state index contributed by atoms with van der Waals surface area (Å²) in [5, 5.41) is 7.86. The molecule has 0 saturated heterocycles. The number of nitrogens with zero attached hydrogens (tertiary/aromatic N) is 2. The van der Waals surface area contributed by atoms with Crippen molar-refractivity contribution in [1.29, 1.82) is 0 Å². The van der Waals surface area contributed by atoms with Crippen LogP contribution >= 0.6 is 23.2 Å². The third-order valence-corrected chi connectivity index (χ3v) is 4.80. The van der Waals surface area contributed by atoms with Gasteiger partial charge in [0.15, 0.2) is 12.4 Å². The van der Waals surface area contributed by atoms with Crippen molar-refractivity contribution in [1.82, 2.24) is 9.78 Å². The molecule has 0 aliphatic rings. The normalized spacial score (nSPS) is 10.6. The molecule has 7 heteroatoms. The van der Waals surface area contributed by atoms with Gasteiger partial charge in [-0.25, -0.2) is 4.68 Å². The van der Waals surface area contributed by atoms with E-state index in [4.69, 9.17) is 27.9 Å². The summed E-state index contributed by atoms with van der Waals surface area (Å²) in [5.74, 6) is 0.175. The molecular weight excluding hydrogens is 373 g/mol. The largest absolute Gasteiger partial charge is 0.470 e. The van der Waals surface area contributed by atoms with Gasteiger partial charge in [-0.05, 0) is 49.2 Å². The van der Waals surface area contributed by atoms with Crippen molar-refractivity contribution < 1.29 is 9.53 Å². The van der Waals surface area contributed by atoms with E-state index in [0.29, 0.717) is 21.5 Å². The van der Waals surface area contributed by atoms with Gasteiger partial charge in [0, 0.05) is 11.9 Å². The van der Waals surface area contributed by atoms with Gasteiger partial charge in [0.1, 0.15) is 10.8 Å². The molecule has 0 aliphatic carbocycles. The van der Waals surface area contributed by atoms with E-state index in [1.807, 2.05) is 32.0 Å². The van der Waals surface area contributed by atoms with E-state index in [-0.39, 0.29) is 12.6 Å². The van der Waals surface area contributed by atoms with Crippen LogP contribution in [0.3, 0.4) is 0 Å². The highest BCUT2D eigenvalue weighted by Gasteiger charge is 2.12. The molecule has 5 nitrogen and oxygen atoms in total. The number of nitrogens with one attached hydrogen (secondary N) is 1. The van der Waals surface area contributed by atoms with Gasteiger partial charge in [-0.1, -0.05) is 41.4 Å². The topological polar surface area (TPSA) is 56.2 Å². The average molecular weight is 390 g/mol. The van der Waals surface area contributed by atoms with Crippen molar-refractivity contribution in [2.45, 2.75) is 20.6 Å². The minimum Gasteiger partial charge on any atom is -0.470 e. The van der Waals surface area contributed by atoms with E-state index < -0.39 is 0 Å². The molecule has 0 unspecified atom stereocenters. The summed E-state index contributed by atoms with van der Waals surface area (Å²) in [6.45, 7) is 4.07. The molecule has 0 bridgehead atoms. The number of hydrogen-bond donors (Lipinski definition) is 1. The summed E-state index contributed by atoms with van der Waals surface area (Å²) in [6, 6.07) is 12.5. The van der Waals surface area contributed by atoms with Gasteiger partial charge in [0.05, 0.1) is 5.02 Å². The number of aromatic nitrogens is 2. The van der Waals surface area contributed by atoms with Crippen LogP contribution in [0, 0.1) is 13.8 Å². The zero-order valence-corrected chi connectivity index (χ0v) is 15.8. The lowest BCUT2D eigenvalue weighted by Crippen LogP contribution is -2.15. The summed E-state index contributed by atoms with van der Waals surface area (Å²) in [5.41, 5.74) is 3.21. The zero-order valence-electron chi connectivity index (χ0n) is 14.3. The Bertz CT molecular complexity index is 954. The lowest BCUT2D eigenvalue weighted by Gasteiger charge is -2.09. The van der Waals surface area contributed by atoms with Crippen molar-refractivity contribution in [2.24, 2.45) is 0 Å². The molecule has 134 valence electrons. The van der Waals surface area contributed by atoms with Gasteiger partial charge in [0.25, 0.3) is 5.91 Å². The molecule has 1 heterocycles. The highest BCUT2D eigenvalue weighted by Crippen LogP contribution is 2.31. The summed E-state index contributed by atoms with van der Waals surface area (Å²) in [4.78, 5) is 12.4. The maximum absolute atomic E-state index is 12.4. The number of carbonyl (C=O) groups excluding carboxylic acids is 1. The van der Waals surface area contributed by atoms with E-state index in [2.05, 4.69) is 10.4 Å². The second-order valence-electron chi connectivity index (χ2n) is 5.77. The number of ether oxygens (including phenoxy) is 1. The first-order chi connectivity index (χ1) is 12.5. The first kappa shape index (κ1) is 18.3. The van der Waals surface area contributed by atoms with Crippen LogP contribution in [-0.2, 0) is 6.73 Å². The summed E-state index contributed by atoms with van der Waals surface area (Å²) in [7, 11) is 0. The van der Waals surface area contributed by atoms with Crippen LogP contribution in [-0.4, -0.2) is 15.7 Å². The van der Waals surface area contributed by atoms with Gasteiger partial charge in [-0.2, -0.15) is 5.10 Å². The number of hydrogen-bond acceptors (Lipinski definition) is 3. The van der Waals surface area contributed by atoms with Crippen LogP contribution in [0.15, 0.2) is 48.7 Å². The van der Waals surface area contributed by atoms with Gasteiger partial charge in [-0.15, -0.1) is 0 Å². The third-order valence-electron chi connectivity index (χ3n) is 3.99.